The van der Waals surface area contributed by atoms with E-state index < -0.39 is 0 Å². The minimum Gasteiger partial charge on any atom is -0.377 e. The molecule has 0 N–H and O–H groups in total. The lowest BCUT2D eigenvalue weighted by Gasteiger charge is -2.35. The van der Waals surface area contributed by atoms with Crippen molar-refractivity contribution < 1.29 is 4.74 Å². The van der Waals surface area contributed by atoms with E-state index in [0.29, 0.717) is 11.3 Å². The lowest BCUT2D eigenvalue weighted by molar-refractivity contribution is 0.0985. The van der Waals surface area contributed by atoms with Gasteiger partial charge in [0.05, 0.1) is 19.3 Å². The van der Waals surface area contributed by atoms with Crippen molar-refractivity contribution in [1.82, 2.24) is 14.3 Å². The SMILES string of the molecule is CC1COCCN1c1cc(N2CCCN(C)S2)nc(Cl)n1. The summed E-state index contributed by atoms with van der Waals surface area (Å²) in [6.45, 7) is 6.48. The summed E-state index contributed by atoms with van der Waals surface area (Å²) in [7, 11) is 2.09. The molecule has 8 heteroatoms. The Bertz CT molecular complexity index is 505. The molecular formula is C13H20ClN5OS. The summed E-state index contributed by atoms with van der Waals surface area (Å²) in [4.78, 5) is 11.0. The average molecular weight is 330 g/mol. The number of morpholine rings is 1. The fourth-order valence-corrected chi connectivity index (χ4v) is 3.69. The Morgan fingerprint density at radius 3 is 2.86 bits per heavy atom. The maximum Gasteiger partial charge on any atom is 0.226 e. The van der Waals surface area contributed by atoms with Crippen LogP contribution in [0.15, 0.2) is 6.07 Å². The van der Waals surface area contributed by atoms with Crippen LogP contribution in [0.2, 0.25) is 5.28 Å². The number of nitrogens with zero attached hydrogens (tertiary/aromatic N) is 5. The predicted molar refractivity (Wildman–Crippen MR) is 86.9 cm³/mol. The molecule has 1 atom stereocenters. The summed E-state index contributed by atoms with van der Waals surface area (Å²) in [6, 6.07) is 2.33. The Balaban J connectivity index is 1.85. The van der Waals surface area contributed by atoms with Gasteiger partial charge in [0.15, 0.2) is 0 Å². The number of anilines is 2. The molecule has 0 spiro atoms. The Morgan fingerprint density at radius 2 is 2.10 bits per heavy atom. The maximum absolute atomic E-state index is 6.14. The van der Waals surface area contributed by atoms with Crippen LogP contribution in [0.5, 0.6) is 0 Å². The molecule has 2 saturated heterocycles. The van der Waals surface area contributed by atoms with Crippen molar-refractivity contribution >= 4 is 35.4 Å². The molecule has 0 bridgehead atoms. The monoisotopic (exact) mass is 329 g/mol. The molecule has 2 fully saturated rings. The minimum absolute atomic E-state index is 0.300. The van der Waals surface area contributed by atoms with Gasteiger partial charge in [0.2, 0.25) is 5.28 Å². The highest BCUT2D eigenvalue weighted by atomic mass is 35.5. The van der Waals surface area contributed by atoms with E-state index in [1.165, 1.54) is 0 Å². The average Bonchev–Trinajstić information content (AvgIpc) is 2.47. The number of hydrogen-bond donors (Lipinski definition) is 0. The molecule has 3 heterocycles. The highest BCUT2D eigenvalue weighted by Gasteiger charge is 2.24. The molecule has 6 nitrogen and oxygen atoms in total. The van der Waals surface area contributed by atoms with Gasteiger partial charge in [-0.05, 0) is 32.0 Å². The Morgan fingerprint density at radius 1 is 1.29 bits per heavy atom. The summed E-state index contributed by atoms with van der Waals surface area (Å²) >= 11 is 7.82. The fourth-order valence-electron chi connectivity index (χ4n) is 2.58. The van der Waals surface area contributed by atoms with Crippen molar-refractivity contribution in [2.75, 3.05) is 49.1 Å². The number of ether oxygens (including phenoxy) is 1. The Hall–Kier alpha value is -0.760. The van der Waals surface area contributed by atoms with Crippen LogP contribution in [-0.4, -0.2) is 60.2 Å². The molecule has 2 aliphatic heterocycles. The van der Waals surface area contributed by atoms with Gasteiger partial charge in [-0.25, -0.2) is 9.29 Å². The molecule has 0 radical (unpaired) electrons. The maximum atomic E-state index is 6.14. The topological polar surface area (TPSA) is 44.7 Å². The van der Waals surface area contributed by atoms with Crippen molar-refractivity contribution in [3.63, 3.8) is 0 Å². The van der Waals surface area contributed by atoms with Gasteiger partial charge in [0.1, 0.15) is 11.6 Å². The molecule has 1 aromatic heterocycles. The lowest BCUT2D eigenvalue weighted by Crippen LogP contribution is -2.44. The summed E-state index contributed by atoms with van der Waals surface area (Å²) in [5.74, 6) is 1.76. The molecule has 2 aliphatic rings. The predicted octanol–water partition coefficient (Wildman–Crippen LogP) is 2.06. The first kappa shape index (κ1) is 15.1. The molecule has 0 saturated carbocycles. The molecule has 116 valence electrons. The van der Waals surface area contributed by atoms with Gasteiger partial charge in [-0.1, -0.05) is 0 Å². The van der Waals surface area contributed by atoms with Crippen LogP contribution in [-0.2, 0) is 4.74 Å². The number of hydrogen-bond acceptors (Lipinski definition) is 7. The summed E-state index contributed by atoms with van der Waals surface area (Å²) in [5.41, 5.74) is 0. The van der Waals surface area contributed by atoms with Crippen molar-refractivity contribution in [2.24, 2.45) is 0 Å². The zero-order valence-corrected chi connectivity index (χ0v) is 13.9. The fraction of sp³-hybridized carbons (Fsp3) is 0.692. The lowest BCUT2D eigenvalue weighted by atomic mass is 10.2. The van der Waals surface area contributed by atoms with Gasteiger partial charge in [-0.2, -0.15) is 4.98 Å². The van der Waals surface area contributed by atoms with E-state index in [1.807, 2.05) is 6.07 Å². The van der Waals surface area contributed by atoms with E-state index in [-0.39, 0.29) is 0 Å². The second-order valence-electron chi connectivity index (χ2n) is 5.36. The first-order chi connectivity index (χ1) is 10.1. The number of rotatable bonds is 2. The van der Waals surface area contributed by atoms with Crippen LogP contribution in [0.4, 0.5) is 11.6 Å². The molecule has 1 unspecified atom stereocenters. The molecule has 0 amide bonds. The van der Waals surface area contributed by atoms with E-state index in [2.05, 4.69) is 37.4 Å². The van der Waals surface area contributed by atoms with Gasteiger partial charge in [-0.3, -0.25) is 4.31 Å². The van der Waals surface area contributed by atoms with Crippen LogP contribution in [0, 0.1) is 0 Å². The minimum atomic E-state index is 0.300. The van der Waals surface area contributed by atoms with Gasteiger partial charge < -0.3 is 9.64 Å². The third-order valence-corrected chi connectivity index (χ3v) is 4.86. The second kappa shape index (κ2) is 6.56. The molecule has 3 rings (SSSR count). The van der Waals surface area contributed by atoms with E-state index in [9.17, 15) is 0 Å². The molecular weight excluding hydrogens is 310 g/mol. The largest absolute Gasteiger partial charge is 0.377 e. The quantitative estimate of drug-likeness (QED) is 0.608. The smallest absolute Gasteiger partial charge is 0.226 e. The van der Waals surface area contributed by atoms with Crippen LogP contribution in [0.1, 0.15) is 13.3 Å². The van der Waals surface area contributed by atoms with E-state index in [4.69, 9.17) is 16.3 Å². The van der Waals surface area contributed by atoms with Gasteiger partial charge in [0.25, 0.3) is 0 Å². The second-order valence-corrected chi connectivity index (χ2v) is 6.93. The summed E-state index contributed by atoms with van der Waals surface area (Å²) in [5, 5.41) is 0.301. The zero-order valence-electron chi connectivity index (χ0n) is 12.3. The van der Waals surface area contributed by atoms with Crippen LogP contribution >= 0.6 is 23.7 Å². The first-order valence-corrected chi connectivity index (χ1v) is 8.30. The standard InChI is InChI=1S/C13H20ClN5OS/c1-10-9-20-7-6-18(10)11-8-12(16-13(14)15-11)19-5-3-4-17(2)21-19/h8,10H,3-7,9H2,1-2H3. The van der Waals surface area contributed by atoms with Gasteiger partial charge in [0, 0.05) is 37.8 Å². The van der Waals surface area contributed by atoms with Crippen LogP contribution in [0.25, 0.3) is 0 Å². The van der Waals surface area contributed by atoms with E-state index in [0.717, 1.165) is 50.9 Å². The molecule has 0 aliphatic carbocycles. The van der Waals surface area contributed by atoms with Crippen LogP contribution in [0.3, 0.4) is 0 Å². The van der Waals surface area contributed by atoms with Crippen molar-refractivity contribution in [2.45, 2.75) is 19.4 Å². The third kappa shape index (κ3) is 3.53. The first-order valence-electron chi connectivity index (χ1n) is 7.19. The van der Waals surface area contributed by atoms with Gasteiger partial charge in [-0.15, -0.1) is 0 Å². The van der Waals surface area contributed by atoms with E-state index in [1.54, 1.807) is 12.1 Å². The van der Waals surface area contributed by atoms with Crippen LogP contribution < -0.4 is 9.21 Å². The zero-order chi connectivity index (χ0) is 14.8. The summed E-state index contributed by atoms with van der Waals surface area (Å²) in [6.07, 6.45) is 1.12. The number of halogens is 1. The van der Waals surface area contributed by atoms with Gasteiger partial charge >= 0.3 is 0 Å². The Labute approximate surface area is 134 Å². The van der Waals surface area contributed by atoms with E-state index >= 15 is 0 Å². The van der Waals surface area contributed by atoms with Crippen molar-refractivity contribution in [1.29, 1.82) is 0 Å². The number of aromatic nitrogens is 2. The summed E-state index contributed by atoms with van der Waals surface area (Å²) < 4.78 is 9.86. The molecule has 1 aromatic rings. The molecule has 21 heavy (non-hydrogen) atoms. The van der Waals surface area contributed by atoms with Crippen molar-refractivity contribution in [3.8, 4) is 0 Å². The van der Waals surface area contributed by atoms with Crippen molar-refractivity contribution in [3.05, 3.63) is 11.3 Å². The molecule has 0 aromatic carbocycles. The normalized spacial score (nSPS) is 24.4. The highest BCUT2D eigenvalue weighted by Crippen LogP contribution is 2.30. The third-order valence-electron chi connectivity index (χ3n) is 3.66. The Kier molecular flexibility index (Phi) is 4.73. The highest BCUT2D eigenvalue weighted by molar-refractivity contribution is 7.98.